The molecule has 4 aromatic rings. The molecule has 144 valence electrons. The summed E-state index contributed by atoms with van der Waals surface area (Å²) < 4.78 is 5.77. The summed E-state index contributed by atoms with van der Waals surface area (Å²) >= 11 is 5.81. The van der Waals surface area contributed by atoms with E-state index < -0.39 is 0 Å². The van der Waals surface area contributed by atoms with Crippen LogP contribution in [0.1, 0.15) is 21.7 Å². The second-order valence-corrected chi connectivity index (χ2v) is 6.70. The molecule has 0 aliphatic rings. The second kappa shape index (κ2) is 8.58. The highest BCUT2D eigenvalue weighted by atomic mass is 35.5. The lowest BCUT2D eigenvalue weighted by Gasteiger charge is -2.04. The van der Waals surface area contributed by atoms with Crippen LogP contribution in [0, 0.1) is 0 Å². The average molecular weight is 405 g/mol. The van der Waals surface area contributed by atoms with Gasteiger partial charge in [-0.15, -0.1) is 0 Å². The predicted molar refractivity (Wildman–Crippen MR) is 113 cm³/mol. The van der Waals surface area contributed by atoms with E-state index in [2.05, 4.69) is 20.5 Å². The lowest BCUT2D eigenvalue weighted by Crippen LogP contribution is -2.17. The van der Waals surface area contributed by atoms with Crippen molar-refractivity contribution in [2.75, 3.05) is 0 Å². The Morgan fingerprint density at radius 2 is 1.83 bits per heavy atom. The topological polar surface area (TPSA) is 79.4 Å². The van der Waals surface area contributed by atoms with Crippen molar-refractivity contribution < 1.29 is 9.53 Å². The Hall–Kier alpha value is -3.64. The van der Waals surface area contributed by atoms with E-state index in [0.717, 1.165) is 22.4 Å². The number of halogens is 1. The lowest BCUT2D eigenvalue weighted by atomic mass is 10.2. The highest BCUT2D eigenvalue weighted by Gasteiger charge is 2.04. The van der Waals surface area contributed by atoms with E-state index >= 15 is 0 Å². The quantitative estimate of drug-likeness (QED) is 0.365. The zero-order valence-corrected chi connectivity index (χ0v) is 16.1. The largest absolute Gasteiger partial charge is 0.486 e. The summed E-state index contributed by atoms with van der Waals surface area (Å²) in [6, 6.07) is 21.8. The van der Waals surface area contributed by atoms with Crippen LogP contribution < -0.4 is 10.2 Å². The maximum atomic E-state index is 12.0. The molecule has 3 aromatic carbocycles. The van der Waals surface area contributed by atoms with Gasteiger partial charge in [0.25, 0.3) is 5.91 Å². The molecule has 2 N–H and O–H groups in total. The van der Waals surface area contributed by atoms with Gasteiger partial charge in [-0.2, -0.15) is 5.10 Å². The van der Waals surface area contributed by atoms with Gasteiger partial charge in [-0.3, -0.25) is 4.79 Å². The highest BCUT2D eigenvalue weighted by molar-refractivity contribution is 6.30. The molecule has 0 saturated heterocycles. The number of imidazole rings is 1. The Labute approximate surface area is 172 Å². The van der Waals surface area contributed by atoms with Gasteiger partial charge in [-0.25, -0.2) is 10.4 Å². The number of benzene rings is 3. The predicted octanol–water partition coefficient (Wildman–Crippen LogP) is 4.56. The molecule has 7 heteroatoms. The van der Waals surface area contributed by atoms with Crippen LogP contribution in [0.3, 0.4) is 0 Å². The molecular formula is C22H17ClN4O2. The van der Waals surface area contributed by atoms with Crippen LogP contribution in [0.25, 0.3) is 11.0 Å². The number of H-pyrrole nitrogens is 1. The number of carbonyl (C=O) groups excluding carboxylic acids is 1. The van der Waals surface area contributed by atoms with Gasteiger partial charge in [0.15, 0.2) is 0 Å². The Morgan fingerprint density at radius 1 is 1.07 bits per heavy atom. The van der Waals surface area contributed by atoms with Crippen molar-refractivity contribution in [3.05, 3.63) is 94.8 Å². The van der Waals surface area contributed by atoms with Crippen LogP contribution in [0.5, 0.6) is 5.75 Å². The fraction of sp³-hybridized carbons (Fsp3) is 0.0455. The first-order valence-electron chi connectivity index (χ1n) is 8.93. The van der Waals surface area contributed by atoms with E-state index in [1.165, 1.54) is 0 Å². The zero-order valence-electron chi connectivity index (χ0n) is 15.3. The SMILES string of the molecule is O=C(N/N=C\c1ccc(OCc2nc3ccccc3[nH]2)cc1)c1ccc(Cl)cc1. The van der Waals surface area contributed by atoms with Crippen LogP contribution in [0.4, 0.5) is 0 Å². The highest BCUT2D eigenvalue weighted by Crippen LogP contribution is 2.15. The number of amides is 1. The van der Waals surface area contributed by atoms with Gasteiger partial charge in [-0.05, 0) is 66.2 Å². The van der Waals surface area contributed by atoms with Crippen molar-refractivity contribution in [2.24, 2.45) is 5.10 Å². The fourth-order valence-electron chi connectivity index (χ4n) is 2.71. The van der Waals surface area contributed by atoms with Gasteiger partial charge in [-0.1, -0.05) is 23.7 Å². The Morgan fingerprint density at radius 3 is 2.59 bits per heavy atom. The number of carbonyl (C=O) groups is 1. The maximum Gasteiger partial charge on any atom is 0.271 e. The molecule has 0 aliphatic carbocycles. The Bertz CT molecular complexity index is 1120. The summed E-state index contributed by atoms with van der Waals surface area (Å²) in [7, 11) is 0. The van der Waals surface area contributed by atoms with Gasteiger partial charge in [0.05, 0.1) is 17.2 Å². The number of fused-ring (bicyclic) bond motifs is 1. The first kappa shape index (κ1) is 18.7. The van der Waals surface area contributed by atoms with Gasteiger partial charge < -0.3 is 9.72 Å². The third-order valence-corrected chi connectivity index (χ3v) is 4.43. The smallest absolute Gasteiger partial charge is 0.271 e. The van der Waals surface area contributed by atoms with Crippen LogP contribution >= 0.6 is 11.6 Å². The minimum atomic E-state index is -0.302. The number of para-hydroxylation sites is 2. The van der Waals surface area contributed by atoms with Gasteiger partial charge in [0.1, 0.15) is 18.2 Å². The molecule has 0 fully saturated rings. The molecule has 0 saturated carbocycles. The minimum Gasteiger partial charge on any atom is -0.486 e. The summed E-state index contributed by atoms with van der Waals surface area (Å²) in [6.07, 6.45) is 1.57. The van der Waals surface area contributed by atoms with Gasteiger partial charge in [0.2, 0.25) is 0 Å². The van der Waals surface area contributed by atoms with Gasteiger partial charge >= 0.3 is 0 Å². The standard InChI is InChI=1S/C22H17ClN4O2/c23-17-9-7-16(8-10-17)22(28)27-24-13-15-5-11-18(12-6-15)29-14-21-25-19-3-1-2-4-20(19)26-21/h1-13H,14H2,(H,25,26)(H,27,28)/b24-13-. The van der Waals surface area contributed by atoms with E-state index in [0.29, 0.717) is 22.9 Å². The molecular weight excluding hydrogens is 388 g/mol. The van der Waals surface area contributed by atoms with Crippen LogP contribution in [0.2, 0.25) is 5.02 Å². The van der Waals surface area contributed by atoms with E-state index in [9.17, 15) is 4.79 Å². The van der Waals surface area contributed by atoms with Crippen LogP contribution in [-0.2, 0) is 6.61 Å². The number of nitrogens with zero attached hydrogens (tertiary/aromatic N) is 2. The number of hydrogen-bond donors (Lipinski definition) is 2. The number of nitrogens with one attached hydrogen (secondary N) is 2. The summed E-state index contributed by atoms with van der Waals surface area (Å²) in [5, 5.41) is 4.55. The molecule has 1 aromatic heterocycles. The molecule has 29 heavy (non-hydrogen) atoms. The molecule has 1 amide bonds. The van der Waals surface area contributed by atoms with E-state index in [-0.39, 0.29) is 5.91 Å². The number of hydrazone groups is 1. The molecule has 0 spiro atoms. The first-order chi connectivity index (χ1) is 14.2. The monoisotopic (exact) mass is 404 g/mol. The van der Waals surface area contributed by atoms with Crippen molar-refractivity contribution >= 4 is 34.8 Å². The molecule has 1 heterocycles. The third-order valence-electron chi connectivity index (χ3n) is 4.18. The second-order valence-electron chi connectivity index (χ2n) is 6.26. The maximum absolute atomic E-state index is 12.0. The average Bonchev–Trinajstić information content (AvgIpc) is 3.16. The number of ether oxygens (including phenoxy) is 1. The van der Waals surface area contributed by atoms with Crippen LogP contribution in [-0.4, -0.2) is 22.1 Å². The third kappa shape index (κ3) is 4.80. The van der Waals surface area contributed by atoms with Crippen molar-refractivity contribution in [1.82, 2.24) is 15.4 Å². The summed E-state index contributed by atoms with van der Waals surface area (Å²) in [6.45, 7) is 0.346. The van der Waals surface area contributed by atoms with Crippen molar-refractivity contribution in [3.8, 4) is 5.75 Å². The molecule has 0 atom stereocenters. The normalized spacial score (nSPS) is 11.1. The van der Waals surface area contributed by atoms with Crippen molar-refractivity contribution in [3.63, 3.8) is 0 Å². The van der Waals surface area contributed by atoms with Crippen molar-refractivity contribution in [1.29, 1.82) is 0 Å². The van der Waals surface area contributed by atoms with Crippen LogP contribution in [0.15, 0.2) is 77.9 Å². The summed E-state index contributed by atoms with van der Waals surface area (Å²) in [5.41, 5.74) is 5.70. The summed E-state index contributed by atoms with van der Waals surface area (Å²) in [5.74, 6) is 1.18. The number of aromatic nitrogens is 2. The molecule has 0 bridgehead atoms. The molecule has 4 rings (SSSR count). The molecule has 0 unspecified atom stereocenters. The van der Waals surface area contributed by atoms with Crippen molar-refractivity contribution in [2.45, 2.75) is 6.61 Å². The van der Waals surface area contributed by atoms with Gasteiger partial charge in [0, 0.05) is 10.6 Å². The molecule has 0 radical (unpaired) electrons. The zero-order chi connectivity index (χ0) is 20.1. The Kier molecular flexibility index (Phi) is 5.54. The fourth-order valence-corrected chi connectivity index (χ4v) is 2.83. The first-order valence-corrected chi connectivity index (χ1v) is 9.31. The minimum absolute atomic E-state index is 0.302. The summed E-state index contributed by atoms with van der Waals surface area (Å²) in [4.78, 5) is 19.7. The number of hydrogen-bond acceptors (Lipinski definition) is 4. The number of aromatic amines is 1. The van der Waals surface area contributed by atoms with E-state index in [1.807, 2.05) is 48.5 Å². The molecule has 6 nitrogen and oxygen atoms in total. The van der Waals surface area contributed by atoms with E-state index in [4.69, 9.17) is 16.3 Å². The van der Waals surface area contributed by atoms with E-state index in [1.54, 1.807) is 30.5 Å². The Balaban J connectivity index is 1.30. The lowest BCUT2D eigenvalue weighted by molar-refractivity contribution is 0.0955. The number of rotatable bonds is 6. The molecule has 0 aliphatic heterocycles.